The molecular formula is C15H17FN2O2. The van der Waals surface area contributed by atoms with Gasteiger partial charge in [-0.25, -0.2) is 9.37 Å². The highest BCUT2D eigenvalue weighted by molar-refractivity contribution is 5.96. The number of hydrogen-bond donors (Lipinski definition) is 0. The van der Waals surface area contributed by atoms with E-state index >= 15 is 0 Å². The Kier molecular flexibility index (Phi) is 4.17. The molecule has 4 nitrogen and oxygen atoms in total. The summed E-state index contributed by atoms with van der Waals surface area (Å²) in [6.45, 7) is 4.17. The number of ketones is 1. The first-order valence-corrected chi connectivity index (χ1v) is 6.40. The summed E-state index contributed by atoms with van der Waals surface area (Å²) < 4.78 is 20.2. The van der Waals surface area contributed by atoms with Gasteiger partial charge in [0, 0.05) is 23.9 Å². The predicted molar refractivity (Wildman–Crippen MR) is 73.6 cm³/mol. The number of halogens is 1. The average molecular weight is 276 g/mol. The zero-order chi connectivity index (χ0) is 14.7. The summed E-state index contributed by atoms with van der Waals surface area (Å²) in [6.07, 6.45) is 3.42. The van der Waals surface area contributed by atoms with Crippen LogP contribution >= 0.6 is 0 Å². The molecule has 0 aliphatic carbocycles. The molecule has 0 unspecified atom stereocenters. The van der Waals surface area contributed by atoms with Crippen molar-refractivity contribution < 1.29 is 13.9 Å². The van der Waals surface area contributed by atoms with Gasteiger partial charge in [-0.15, -0.1) is 0 Å². The lowest BCUT2D eigenvalue weighted by atomic mass is 10.1. The predicted octanol–water partition coefficient (Wildman–Crippen LogP) is 3.04. The molecule has 106 valence electrons. The fourth-order valence-electron chi connectivity index (χ4n) is 2.04. The average Bonchev–Trinajstić information content (AvgIpc) is 2.86. The Morgan fingerprint density at radius 2 is 2.20 bits per heavy atom. The van der Waals surface area contributed by atoms with E-state index in [2.05, 4.69) is 4.98 Å². The second-order valence-corrected chi connectivity index (χ2v) is 4.84. The molecule has 1 aromatic heterocycles. The van der Waals surface area contributed by atoms with E-state index in [4.69, 9.17) is 4.74 Å². The van der Waals surface area contributed by atoms with Gasteiger partial charge in [0.2, 0.25) is 0 Å². The molecule has 2 aromatic rings. The summed E-state index contributed by atoms with van der Waals surface area (Å²) in [5.41, 5.74) is 0.326. The molecule has 0 radical (unpaired) electrons. The van der Waals surface area contributed by atoms with Crippen LogP contribution in [-0.2, 0) is 6.54 Å². The van der Waals surface area contributed by atoms with E-state index in [9.17, 15) is 9.18 Å². The summed E-state index contributed by atoms with van der Waals surface area (Å²) in [6, 6.07) is 4.23. The molecule has 0 bridgehead atoms. The summed E-state index contributed by atoms with van der Waals surface area (Å²) in [5, 5.41) is 0. The number of ether oxygens (including phenoxy) is 1. The molecule has 0 N–H and O–H groups in total. The Morgan fingerprint density at radius 3 is 2.80 bits per heavy atom. The number of methoxy groups -OCH3 is 1. The number of Topliss-reactive ketones (excluding diaryl/α,β-unsaturated/α-hetero) is 1. The van der Waals surface area contributed by atoms with E-state index in [1.165, 1.54) is 19.2 Å². The lowest BCUT2D eigenvalue weighted by molar-refractivity contribution is 0.0970. The van der Waals surface area contributed by atoms with E-state index in [0.717, 1.165) is 5.82 Å². The minimum Gasteiger partial charge on any atom is -0.494 e. The second-order valence-electron chi connectivity index (χ2n) is 4.84. The van der Waals surface area contributed by atoms with Crippen LogP contribution in [0.25, 0.3) is 0 Å². The Balaban J connectivity index is 2.20. The van der Waals surface area contributed by atoms with Crippen LogP contribution in [0.2, 0.25) is 0 Å². The van der Waals surface area contributed by atoms with Gasteiger partial charge in [0.15, 0.2) is 17.3 Å². The van der Waals surface area contributed by atoms with Crippen molar-refractivity contribution in [3.8, 4) is 5.75 Å². The van der Waals surface area contributed by atoms with E-state index in [0.29, 0.717) is 5.56 Å². The number of benzene rings is 1. The smallest absolute Gasteiger partial charge is 0.182 e. The SMILES string of the molecule is COc1ccc(C(=O)Cn2ccnc2C(C)C)cc1F. The highest BCUT2D eigenvalue weighted by Gasteiger charge is 2.14. The molecule has 0 spiro atoms. The monoisotopic (exact) mass is 276 g/mol. The Labute approximate surface area is 117 Å². The first-order chi connectivity index (χ1) is 9.52. The van der Waals surface area contributed by atoms with Crippen LogP contribution in [-0.4, -0.2) is 22.4 Å². The van der Waals surface area contributed by atoms with Crippen LogP contribution in [0, 0.1) is 5.82 Å². The quantitative estimate of drug-likeness (QED) is 0.788. The lowest BCUT2D eigenvalue weighted by Crippen LogP contribution is -2.13. The molecule has 20 heavy (non-hydrogen) atoms. The summed E-state index contributed by atoms with van der Waals surface area (Å²) in [7, 11) is 1.39. The van der Waals surface area contributed by atoms with Crippen LogP contribution in [0.4, 0.5) is 4.39 Å². The fraction of sp³-hybridized carbons (Fsp3) is 0.333. The molecule has 1 heterocycles. The number of hydrogen-bond acceptors (Lipinski definition) is 3. The number of imidazole rings is 1. The maximum absolute atomic E-state index is 13.6. The highest BCUT2D eigenvalue weighted by Crippen LogP contribution is 2.19. The Morgan fingerprint density at radius 1 is 1.45 bits per heavy atom. The van der Waals surface area contributed by atoms with Crippen molar-refractivity contribution in [2.75, 3.05) is 7.11 Å². The minimum atomic E-state index is -0.534. The third-order valence-corrected chi connectivity index (χ3v) is 3.05. The van der Waals surface area contributed by atoms with E-state index in [1.54, 1.807) is 23.0 Å². The van der Waals surface area contributed by atoms with Crippen molar-refractivity contribution >= 4 is 5.78 Å². The Bertz CT molecular complexity index is 620. The standard InChI is InChI=1S/C15H17FN2O2/c1-10(2)15-17-6-7-18(15)9-13(19)11-4-5-14(20-3)12(16)8-11/h4-8,10H,9H2,1-3H3. The van der Waals surface area contributed by atoms with Crippen molar-refractivity contribution in [1.82, 2.24) is 9.55 Å². The first-order valence-electron chi connectivity index (χ1n) is 6.40. The van der Waals surface area contributed by atoms with Gasteiger partial charge in [0.05, 0.1) is 13.7 Å². The number of rotatable bonds is 5. The maximum Gasteiger partial charge on any atom is 0.182 e. The molecule has 5 heteroatoms. The van der Waals surface area contributed by atoms with Crippen LogP contribution in [0.15, 0.2) is 30.6 Å². The Hall–Kier alpha value is -2.17. The highest BCUT2D eigenvalue weighted by atomic mass is 19.1. The molecule has 0 fully saturated rings. The van der Waals surface area contributed by atoms with Gasteiger partial charge in [0.1, 0.15) is 5.82 Å². The number of carbonyl (C=O) groups excluding carboxylic acids is 1. The van der Waals surface area contributed by atoms with Gasteiger partial charge in [-0.2, -0.15) is 0 Å². The second kappa shape index (κ2) is 5.86. The van der Waals surface area contributed by atoms with Gasteiger partial charge in [0.25, 0.3) is 0 Å². The van der Waals surface area contributed by atoms with Gasteiger partial charge in [-0.05, 0) is 18.2 Å². The van der Waals surface area contributed by atoms with Crippen molar-refractivity contribution in [2.24, 2.45) is 0 Å². The number of carbonyl (C=O) groups is 1. The largest absolute Gasteiger partial charge is 0.494 e. The van der Waals surface area contributed by atoms with Crippen LogP contribution in [0.5, 0.6) is 5.75 Å². The zero-order valence-electron chi connectivity index (χ0n) is 11.8. The maximum atomic E-state index is 13.6. The molecule has 0 aliphatic heterocycles. The lowest BCUT2D eigenvalue weighted by Gasteiger charge is -2.10. The van der Waals surface area contributed by atoms with Crippen molar-refractivity contribution in [3.63, 3.8) is 0 Å². The molecule has 0 amide bonds. The summed E-state index contributed by atoms with van der Waals surface area (Å²) >= 11 is 0. The van der Waals surface area contributed by atoms with Crippen LogP contribution in [0.1, 0.15) is 35.9 Å². The van der Waals surface area contributed by atoms with Crippen molar-refractivity contribution in [1.29, 1.82) is 0 Å². The first kappa shape index (κ1) is 14.2. The minimum absolute atomic E-state index is 0.132. The van der Waals surface area contributed by atoms with Gasteiger partial charge in [-0.3, -0.25) is 4.79 Å². The van der Waals surface area contributed by atoms with Crippen LogP contribution < -0.4 is 4.74 Å². The van der Waals surface area contributed by atoms with E-state index < -0.39 is 5.82 Å². The summed E-state index contributed by atoms with van der Waals surface area (Å²) in [5.74, 6) is 0.504. The fourth-order valence-corrected chi connectivity index (χ4v) is 2.04. The third kappa shape index (κ3) is 2.87. The van der Waals surface area contributed by atoms with Crippen molar-refractivity contribution in [2.45, 2.75) is 26.3 Å². The van der Waals surface area contributed by atoms with Gasteiger partial charge >= 0.3 is 0 Å². The molecular weight excluding hydrogens is 259 g/mol. The molecule has 0 atom stereocenters. The van der Waals surface area contributed by atoms with Gasteiger partial charge < -0.3 is 9.30 Å². The molecule has 0 saturated heterocycles. The van der Waals surface area contributed by atoms with Crippen molar-refractivity contribution in [3.05, 3.63) is 47.8 Å². The van der Waals surface area contributed by atoms with E-state index in [1.807, 2.05) is 13.8 Å². The molecule has 1 aromatic carbocycles. The number of nitrogens with zero attached hydrogens (tertiary/aromatic N) is 2. The molecule has 2 rings (SSSR count). The van der Waals surface area contributed by atoms with E-state index in [-0.39, 0.29) is 24.0 Å². The van der Waals surface area contributed by atoms with Gasteiger partial charge in [-0.1, -0.05) is 13.8 Å². The molecule has 0 aliphatic rings. The molecule has 0 saturated carbocycles. The normalized spacial score (nSPS) is 10.8. The number of aromatic nitrogens is 2. The summed E-state index contributed by atoms with van der Waals surface area (Å²) in [4.78, 5) is 16.4. The zero-order valence-corrected chi connectivity index (χ0v) is 11.8. The topological polar surface area (TPSA) is 44.1 Å². The third-order valence-electron chi connectivity index (χ3n) is 3.05. The van der Waals surface area contributed by atoms with Crippen LogP contribution in [0.3, 0.4) is 0 Å².